The average Bonchev–Trinajstić information content (AvgIpc) is 2.44. The molecule has 0 bridgehead atoms. The lowest BCUT2D eigenvalue weighted by molar-refractivity contribution is 0.0924. The summed E-state index contributed by atoms with van der Waals surface area (Å²) < 4.78 is 0. The van der Waals surface area contributed by atoms with Gasteiger partial charge < -0.3 is 10.4 Å². The number of aliphatic hydroxyl groups excluding tert-OH is 1. The fourth-order valence-corrected chi connectivity index (χ4v) is 1.84. The van der Waals surface area contributed by atoms with Gasteiger partial charge in [-0.25, -0.2) is 0 Å². The summed E-state index contributed by atoms with van der Waals surface area (Å²) in [5.41, 5.74) is 1.20. The molecule has 0 fully saturated rings. The average molecular weight is 274 g/mol. The highest BCUT2D eigenvalue weighted by molar-refractivity contribution is 5.94. The summed E-state index contributed by atoms with van der Waals surface area (Å²) in [4.78, 5) is 16.2. The summed E-state index contributed by atoms with van der Waals surface area (Å²) in [6, 6.07) is 1.88. The van der Waals surface area contributed by atoms with E-state index in [0.29, 0.717) is 23.5 Å². The van der Waals surface area contributed by atoms with Crippen LogP contribution >= 0.6 is 0 Å². The number of nitrogens with zero attached hydrogens (tertiary/aromatic N) is 1. The number of carbonyl (C=O) groups is 1. The molecule has 4 heteroatoms. The second kappa shape index (κ2) is 8.34. The maximum Gasteiger partial charge on any atom is 0.253 e. The molecule has 1 heterocycles. The number of aromatic nitrogens is 1. The molecule has 1 atom stereocenters. The van der Waals surface area contributed by atoms with Crippen LogP contribution in [0, 0.1) is 17.8 Å². The van der Waals surface area contributed by atoms with Gasteiger partial charge in [0, 0.05) is 30.4 Å². The number of aliphatic hydroxyl groups is 1. The highest BCUT2D eigenvalue weighted by Crippen LogP contribution is 2.08. The lowest BCUT2D eigenvalue weighted by Crippen LogP contribution is -2.38. The summed E-state index contributed by atoms with van der Waals surface area (Å²) in [5, 5.41) is 11.7. The van der Waals surface area contributed by atoms with Gasteiger partial charge in [0.05, 0.1) is 12.2 Å². The Morgan fingerprint density at radius 2 is 2.20 bits per heavy atom. The molecule has 4 nitrogen and oxygen atoms in total. The Balaban J connectivity index is 2.79. The van der Waals surface area contributed by atoms with Crippen molar-refractivity contribution in [3.05, 3.63) is 29.6 Å². The van der Waals surface area contributed by atoms with E-state index in [-0.39, 0.29) is 18.6 Å². The molecule has 1 aromatic heterocycles. The van der Waals surface area contributed by atoms with Gasteiger partial charge in [-0.15, -0.1) is 0 Å². The Labute approximate surface area is 120 Å². The van der Waals surface area contributed by atoms with Crippen molar-refractivity contribution in [2.24, 2.45) is 5.92 Å². The quantitative estimate of drug-likeness (QED) is 0.807. The maximum absolute atomic E-state index is 12.2. The number of pyridine rings is 1. The Kier molecular flexibility index (Phi) is 6.75. The molecule has 1 amide bonds. The second-order valence-electron chi connectivity index (χ2n) is 4.97. The fourth-order valence-electron chi connectivity index (χ4n) is 1.84. The fraction of sp³-hybridized carbons (Fsp3) is 0.500. The van der Waals surface area contributed by atoms with Gasteiger partial charge in [-0.3, -0.25) is 9.78 Å². The smallest absolute Gasteiger partial charge is 0.253 e. The highest BCUT2D eigenvalue weighted by atomic mass is 16.2. The number of rotatable bonds is 5. The van der Waals surface area contributed by atoms with E-state index in [2.05, 4.69) is 42.9 Å². The summed E-state index contributed by atoms with van der Waals surface area (Å²) in [6.45, 7) is 6.26. The summed E-state index contributed by atoms with van der Waals surface area (Å²) >= 11 is 0. The zero-order valence-electron chi connectivity index (χ0n) is 12.3. The molecule has 1 rings (SSSR count). The normalized spacial score (nSPS) is 11.7. The Morgan fingerprint density at radius 3 is 2.80 bits per heavy atom. The predicted octanol–water partition coefficient (Wildman–Crippen LogP) is 1.98. The van der Waals surface area contributed by atoms with Gasteiger partial charge in [-0.2, -0.15) is 0 Å². The first-order valence-electron chi connectivity index (χ1n) is 6.94. The van der Waals surface area contributed by atoms with Crippen LogP contribution in [-0.4, -0.2) is 28.6 Å². The van der Waals surface area contributed by atoms with Crippen molar-refractivity contribution in [3.63, 3.8) is 0 Å². The molecule has 0 radical (unpaired) electrons. The van der Waals surface area contributed by atoms with Crippen LogP contribution < -0.4 is 5.32 Å². The zero-order chi connectivity index (χ0) is 15.0. The number of nitrogens with one attached hydrogen (secondary N) is 1. The van der Waals surface area contributed by atoms with E-state index in [0.717, 1.165) is 6.42 Å². The van der Waals surface area contributed by atoms with Gasteiger partial charge in [-0.1, -0.05) is 32.6 Å². The van der Waals surface area contributed by atoms with Crippen LogP contribution in [0.2, 0.25) is 0 Å². The van der Waals surface area contributed by atoms with E-state index < -0.39 is 0 Å². The van der Waals surface area contributed by atoms with E-state index in [1.165, 1.54) is 0 Å². The Hall–Kier alpha value is -1.86. The van der Waals surface area contributed by atoms with E-state index in [4.69, 9.17) is 5.11 Å². The molecule has 0 aliphatic rings. The highest BCUT2D eigenvalue weighted by Gasteiger charge is 2.15. The Bertz CT molecular complexity index is 501. The van der Waals surface area contributed by atoms with Crippen LogP contribution in [-0.2, 0) is 0 Å². The summed E-state index contributed by atoms with van der Waals surface area (Å²) in [7, 11) is 0. The van der Waals surface area contributed by atoms with E-state index in [9.17, 15) is 4.79 Å². The van der Waals surface area contributed by atoms with Gasteiger partial charge in [0.1, 0.15) is 0 Å². The first-order valence-corrected chi connectivity index (χ1v) is 6.94. The molecular formula is C16H22N2O2. The maximum atomic E-state index is 12.2. The third kappa shape index (κ3) is 5.02. The molecule has 1 unspecified atom stereocenters. The summed E-state index contributed by atoms with van der Waals surface area (Å²) in [6.07, 6.45) is 4.47. The van der Waals surface area contributed by atoms with Crippen molar-refractivity contribution in [1.29, 1.82) is 0 Å². The minimum Gasteiger partial charge on any atom is -0.395 e. The summed E-state index contributed by atoms with van der Waals surface area (Å²) in [5.74, 6) is 5.97. The molecule has 108 valence electrons. The van der Waals surface area contributed by atoms with E-state index in [1.807, 2.05) is 0 Å². The van der Waals surface area contributed by atoms with E-state index in [1.54, 1.807) is 18.5 Å². The van der Waals surface area contributed by atoms with Crippen molar-refractivity contribution in [2.45, 2.75) is 39.7 Å². The number of hydrogen-bond acceptors (Lipinski definition) is 3. The van der Waals surface area contributed by atoms with Crippen LogP contribution in [0.5, 0.6) is 0 Å². The monoisotopic (exact) mass is 274 g/mol. The topological polar surface area (TPSA) is 62.2 Å². The minimum absolute atomic E-state index is 0.0349. The zero-order valence-corrected chi connectivity index (χ0v) is 12.3. The number of amides is 1. The van der Waals surface area contributed by atoms with Gasteiger partial charge in [-0.05, 0) is 18.4 Å². The molecule has 0 saturated carbocycles. The van der Waals surface area contributed by atoms with E-state index >= 15 is 0 Å². The van der Waals surface area contributed by atoms with Crippen molar-refractivity contribution < 1.29 is 9.90 Å². The first kappa shape index (κ1) is 16.2. The number of hydrogen-bond donors (Lipinski definition) is 2. The molecule has 0 aliphatic heterocycles. The van der Waals surface area contributed by atoms with Crippen molar-refractivity contribution in [3.8, 4) is 11.8 Å². The van der Waals surface area contributed by atoms with Crippen LogP contribution in [0.4, 0.5) is 0 Å². The third-order valence-corrected chi connectivity index (χ3v) is 3.03. The van der Waals surface area contributed by atoms with Gasteiger partial charge in [0.25, 0.3) is 5.91 Å². The standard InChI is InChI=1S/C16H22N2O2/c1-4-15(12(2)3)18-16(20)14-9-13(10-17-11-14)7-5-6-8-19/h9-12,15,19H,4,6,8H2,1-3H3,(H,18,20). The molecule has 0 saturated heterocycles. The van der Waals surface area contributed by atoms with Crippen LogP contribution in [0.15, 0.2) is 18.5 Å². The Morgan fingerprint density at radius 1 is 1.45 bits per heavy atom. The third-order valence-electron chi connectivity index (χ3n) is 3.03. The van der Waals surface area contributed by atoms with Crippen LogP contribution in [0.1, 0.15) is 49.5 Å². The van der Waals surface area contributed by atoms with Crippen molar-refractivity contribution >= 4 is 5.91 Å². The molecule has 20 heavy (non-hydrogen) atoms. The lowest BCUT2D eigenvalue weighted by Gasteiger charge is -2.20. The van der Waals surface area contributed by atoms with Crippen LogP contribution in [0.3, 0.4) is 0 Å². The minimum atomic E-state index is -0.121. The molecule has 0 aliphatic carbocycles. The molecule has 0 spiro atoms. The van der Waals surface area contributed by atoms with Crippen molar-refractivity contribution in [2.75, 3.05) is 6.61 Å². The van der Waals surface area contributed by atoms with Gasteiger partial charge in [0.15, 0.2) is 0 Å². The van der Waals surface area contributed by atoms with Gasteiger partial charge in [0.2, 0.25) is 0 Å². The predicted molar refractivity (Wildman–Crippen MR) is 79.2 cm³/mol. The second-order valence-corrected chi connectivity index (χ2v) is 4.97. The largest absolute Gasteiger partial charge is 0.395 e. The molecule has 1 aromatic rings. The van der Waals surface area contributed by atoms with Crippen molar-refractivity contribution in [1.82, 2.24) is 10.3 Å². The molecular weight excluding hydrogens is 252 g/mol. The first-order chi connectivity index (χ1) is 9.58. The van der Waals surface area contributed by atoms with Crippen LogP contribution in [0.25, 0.3) is 0 Å². The SMILES string of the molecule is CCC(NC(=O)c1cncc(C#CCCO)c1)C(C)C. The molecule has 2 N–H and O–H groups in total. The van der Waals surface area contributed by atoms with Gasteiger partial charge >= 0.3 is 0 Å². The lowest BCUT2D eigenvalue weighted by atomic mass is 10.0. The number of carbonyl (C=O) groups excluding carboxylic acids is 1. The molecule has 0 aromatic carbocycles.